The SMILES string of the molecule is CCCCC(=O)Nc1ccc(S(=O)(=O)NC(=O)CCC)cc1. The first-order valence-corrected chi connectivity index (χ1v) is 8.83. The Morgan fingerprint density at radius 2 is 1.59 bits per heavy atom. The molecule has 0 aromatic heterocycles. The Kier molecular flexibility index (Phi) is 7.04. The van der Waals surface area contributed by atoms with Crippen molar-refractivity contribution in [3.8, 4) is 0 Å². The molecule has 6 nitrogen and oxygen atoms in total. The summed E-state index contributed by atoms with van der Waals surface area (Å²) in [7, 11) is -3.85. The summed E-state index contributed by atoms with van der Waals surface area (Å²) in [6, 6.07) is 5.72. The molecular formula is C15H22N2O4S. The average molecular weight is 326 g/mol. The molecule has 0 fully saturated rings. The third kappa shape index (κ3) is 5.85. The van der Waals surface area contributed by atoms with Gasteiger partial charge >= 0.3 is 0 Å². The summed E-state index contributed by atoms with van der Waals surface area (Å²) in [4.78, 5) is 23.0. The topological polar surface area (TPSA) is 92.3 Å². The van der Waals surface area contributed by atoms with E-state index >= 15 is 0 Å². The zero-order chi connectivity index (χ0) is 16.6. The van der Waals surface area contributed by atoms with Crippen molar-refractivity contribution in [2.45, 2.75) is 50.8 Å². The smallest absolute Gasteiger partial charge is 0.264 e. The van der Waals surface area contributed by atoms with Crippen LogP contribution < -0.4 is 10.0 Å². The fourth-order valence-corrected chi connectivity index (χ4v) is 2.78. The van der Waals surface area contributed by atoms with Crippen LogP contribution in [0.15, 0.2) is 29.2 Å². The van der Waals surface area contributed by atoms with Crippen LogP contribution in [0.25, 0.3) is 0 Å². The monoisotopic (exact) mass is 326 g/mol. The Bertz CT molecular complexity index is 609. The molecule has 2 amide bonds. The van der Waals surface area contributed by atoms with Crippen molar-refractivity contribution < 1.29 is 18.0 Å². The summed E-state index contributed by atoms with van der Waals surface area (Å²) in [5.74, 6) is -0.631. The third-order valence-electron chi connectivity index (χ3n) is 2.93. The van der Waals surface area contributed by atoms with E-state index in [1.54, 1.807) is 6.92 Å². The number of sulfonamides is 1. The maximum atomic E-state index is 12.0. The molecule has 122 valence electrons. The van der Waals surface area contributed by atoms with Crippen molar-refractivity contribution in [3.63, 3.8) is 0 Å². The first-order valence-electron chi connectivity index (χ1n) is 7.34. The zero-order valence-electron chi connectivity index (χ0n) is 12.9. The van der Waals surface area contributed by atoms with Crippen LogP contribution in [0.4, 0.5) is 5.69 Å². The van der Waals surface area contributed by atoms with Gasteiger partial charge in [-0.2, -0.15) is 0 Å². The molecule has 7 heteroatoms. The van der Waals surface area contributed by atoms with Gasteiger partial charge in [-0.25, -0.2) is 13.1 Å². The second-order valence-electron chi connectivity index (χ2n) is 4.95. The number of carbonyl (C=O) groups is 2. The lowest BCUT2D eigenvalue weighted by Gasteiger charge is -2.08. The Labute approximate surface area is 131 Å². The number of nitrogens with one attached hydrogen (secondary N) is 2. The first kappa shape index (κ1) is 18.2. The van der Waals surface area contributed by atoms with Crippen molar-refractivity contribution in [1.29, 1.82) is 0 Å². The molecule has 0 saturated heterocycles. The average Bonchev–Trinajstić information content (AvgIpc) is 2.45. The standard InChI is InChI=1S/C15H22N2O4S/c1-3-5-7-14(18)16-12-8-10-13(11-9-12)22(20,21)17-15(19)6-4-2/h8-11H,3-7H2,1-2H3,(H,16,18)(H,17,19). The number of hydrogen-bond acceptors (Lipinski definition) is 4. The molecule has 0 aliphatic carbocycles. The molecule has 0 bridgehead atoms. The lowest BCUT2D eigenvalue weighted by atomic mass is 10.2. The minimum atomic E-state index is -3.85. The highest BCUT2D eigenvalue weighted by atomic mass is 32.2. The first-order chi connectivity index (χ1) is 10.4. The number of unbranched alkanes of at least 4 members (excludes halogenated alkanes) is 1. The van der Waals surface area contributed by atoms with E-state index < -0.39 is 15.9 Å². The van der Waals surface area contributed by atoms with Crippen molar-refractivity contribution in [2.24, 2.45) is 0 Å². The second kappa shape index (κ2) is 8.53. The van der Waals surface area contributed by atoms with Gasteiger partial charge in [0.15, 0.2) is 0 Å². The number of amides is 2. The Balaban J connectivity index is 2.71. The highest BCUT2D eigenvalue weighted by Gasteiger charge is 2.16. The van der Waals surface area contributed by atoms with Crippen LogP contribution in [0, 0.1) is 0 Å². The molecule has 0 heterocycles. The third-order valence-corrected chi connectivity index (χ3v) is 4.32. The summed E-state index contributed by atoms with van der Waals surface area (Å²) in [6.07, 6.45) is 2.91. The molecule has 0 atom stereocenters. The van der Waals surface area contributed by atoms with Crippen LogP contribution in [0.1, 0.15) is 46.0 Å². The number of carbonyl (C=O) groups excluding carboxylic acids is 2. The van der Waals surface area contributed by atoms with Crippen molar-refractivity contribution >= 4 is 27.5 Å². The molecule has 2 N–H and O–H groups in total. The molecule has 0 radical (unpaired) electrons. The van der Waals surface area contributed by atoms with Crippen LogP contribution >= 0.6 is 0 Å². The quantitative estimate of drug-likeness (QED) is 0.767. The van der Waals surface area contributed by atoms with E-state index in [4.69, 9.17) is 0 Å². The van der Waals surface area contributed by atoms with Crippen molar-refractivity contribution in [2.75, 3.05) is 5.32 Å². The van der Waals surface area contributed by atoms with Gasteiger partial charge < -0.3 is 5.32 Å². The van der Waals surface area contributed by atoms with Crippen molar-refractivity contribution in [3.05, 3.63) is 24.3 Å². The number of anilines is 1. The minimum Gasteiger partial charge on any atom is -0.326 e. The van der Waals surface area contributed by atoms with Crippen LogP contribution in [-0.4, -0.2) is 20.2 Å². The van der Waals surface area contributed by atoms with E-state index in [0.29, 0.717) is 18.5 Å². The van der Waals surface area contributed by atoms with Gasteiger partial charge in [-0.05, 0) is 37.1 Å². The predicted molar refractivity (Wildman–Crippen MR) is 84.8 cm³/mol. The zero-order valence-corrected chi connectivity index (χ0v) is 13.7. The van der Waals surface area contributed by atoms with E-state index in [2.05, 4.69) is 5.32 Å². The summed E-state index contributed by atoms with van der Waals surface area (Å²) in [5, 5.41) is 2.70. The Morgan fingerprint density at radius 1 is 0.955 bits per heavy atom. The Hall–Kier alpha value is -1.89. The summed E-state index contributed by atoms with van der Waals surface area (Å²) >= 11 is 0. The number of benzene rings is 1. The van der Waals surface area contributed by atoms with E-state index in [-0.39, 0.29) is 17.2 Å². The normalized spacial score (nSPS) is 11.0. The fourth-order valence-electron chi connectivity index (χ4n) is 1.77. The molecule has 1 aromatic carbocycles. The molecule has 0 saturated carbocycles. The van der Waals surface area contributed by atoms with Gasteiger partial charge in [-0.3, -0.25) is 9.59 Å². The lowest BCUT2D eigenvalue weighted by Crippen LogP contribution is -2.30. The molecular weight excluding hydrogens is 304 g/mol. The van der Waals surface area contributed by atoms with Gasteiger partial charge in [0, 0.05) is 18.5 Å². The number of hydrogen-bond donors (Lipinski definition) is 2. The number of rotatable bonds is 8. The Morgan fingerprint density at radius 3 is 2.14 bits per heavy atom. The highest BCUT2D eigenvalue weighted by Crippen LogP contribution is 2.14. The van der Waals surface area contributed by atoms with Gasteiger partial charge in [-0.1, -0.05) is 20.3 Å². The predicted octanol–water partition coefficient (Wildman–Crippen LogP) is 2.42. The highest BCUT2D eigenvalue weighted by molar-refractivity contribution is 7.90. The van der Waals surface area contributed by atoms with Crippen molar-refractivity contribution in [1.82, 2.24) is 4.72 Å². The maximum absolute atomic E-state index is 12.0. The summed E-state index contributed by atoms with van der Waals surface area (Å²) < 4.78 is 26.0. The maximum Gasteiger partial charge on any atom is 0.264 e. The summed E-state index contributed by atoms with van der Waals surface area (Å²) in [5.41, 5.74) is 0.528. The second-order valence-corrected chi connectivity index (χ2v) is 6.64. The molecule has 22 heavy (non-hydrogen) atoms. The van der Waals surface area contributed by atoms with Crippen LogP contribution in [0.3, 0.4) is 0 Å². The van der Waals surface area contributed by atoms with Crippen LogP contribution in [0.2, 0.25) is 0 Å². The molecule has 0 spiro atoms. The van der Waals surface area contributed by atoms with Gasteiger partial charge in [0.1, 0.15) is 0 Å². The van der Waals surface area contributed by atoms with Gasteiger partial charge in [0.25, 0.3) is 10.0 Å². The largest absolute Gasteiger partial charge is 0.326 e. The van der Waals surface area contributed by atoms with Crippen LogP contribution in [0.5, 0.6) is 0 Å². The van der Waals surface area contributed by atoms with Crippen LogP contribution in [-0.2, 0) is 19.6 Å². The van der Waals surface area contributed by atoms with E-state index in [0.717, 1.165) is 12.8 Å². The fraction of sp³-hybridized carbons (Fsp3) is 0.467. The summed E-state index contributed by atoms with van der Waals surface area (Å²) in [6.45, 7) is 3.79. The van der Waals surface area contributed by atoms with E-state index in [9.17, 15) is 18.0 Å². The molecule has 0 aliphatic heterocycles. The minimum absolute atomic E-state index is 0.0106. The van der Waals surface area contributed by atoms with Gasteiger partial charge in [-0.15, -0.1) is 0 Å². The van der Waals surface area contributed by atoms with Gasteiger partial charge in [0.05, 0.1) is 4.90 Å². The molecule has 0 unspecified atom stereocenters. The van der Waals surface area contributed by atoms with E-state index in [1.165, 1.54) is 24.3 Å². The van der Waals surface area contributed by atoms with Gasteiger partial charge in [0.2, 0.25) is 11.8 Å². The molecule has 1 rings (SSSR count). The molecule has 0 aliphatic rings. The lowest BCUT2D eigenvalue weighted by molar-refractivity contribution is -0.119. The molecule has 1 aromatic rings. The van der Waals surface area contributed by atoms with E-state index in [1.807, 2.05) is 11.6 Å².